The maximum atomic E-state index is 12.2. The molecule has 0 aromatic carbocycles. The van der Waals surface area contributed by atoms with Crippen LogP contribution in [0.5, 0.6) is 0 Å². The second-order valence-electron chi connectivity index (χ2n) is 6.09. The molecule has 0 fully saturated rings. The molecule has 1 aliphatic heterocycles. The largest absolute Gasteiger partial charge is 0.368 e. The van der Waals surface area contributed by atoms with Crippen LogP contribution in [0, 0.1) is 0 Å². The first-order chi connectivity index (χ1) is 11.1. The Kier molecular flexibility index (Phi) is 6.21. The van der Waals surface area contributed by atoms with E-state index in [0.29, 0.717) is 0 Å². The molecule has 0 saturated carbocycles. The van der Waals surface area contributed by atoms with Crippen molar-refractivity contribution >= 4 is 0 Å². The van der Waals surface area contributed by atoms with Crippen molar-refractivity contribution in [2.24, 2.45) is 7.05 Å². The van der Waals surface area contributed by atoms with Crippen molar-refractivity contribution in [2.75, 3.05) is 0 Å². The van der Waals surface area contributed by atoms with Gasteiger partial charge in [0, 0.05) is 7.05 Å². The Morgan fingerprint density at radius 3 is 2.43 bits per heavy atom. The van der Waals surface area contributed by atoms with Crippen molar-refractivity contribution in [2.45, 2.75) is 64.1 Å². The Labute approximate surface area is 136 Å². The Balaban J connectivity index is 1.96. The Bertz CT molecular complexity index is 678. The average Bonchev–Trinajstić information content (AvgIpc) is 2.77. The van der Waals surface area contributed by atoms with Crippen molar-refractivity contribution in [1.29, 1.82) is 0 Å². The van der Waals surface area contributed by atoms with E-state index < -0.39 is 17.6 Å². The SMILES string of the molecule is CCCCCCCC/C=C/C1C=CC(O)n2c(=O)n(C)c(=O)n21. The number of hydrogen-bond acceptors (Lipinski definition) is 3. The summed E-state index contributed by atoms with van der Waals surface area (Å²) in [6, 6.07) is -0.320. The van der Waals surface area contributed by atoms with Gasteiger partial charge >= 0.3 is 11.4 Å². The molecule has 1 aromatic heterocycles. The van der Waals surface area contributed by atoms with E-state index in [1.165, 1.54) is 43.8 Å². The molecule has 2 unspecified atom stereocenters. The van der Waals surface area contributed by atoms with Crippen LogP contribution in [-0.2, 0) is 7.05 Å². The van der Waals surface area contributed by atoms with E-state index in [9.17, 15) is 14.7 Å². The van der Waals surface area contributed by atoms with Gasteiger partial charge in [0.2, 0.25) is 0 Å². The number of fused-ring (bicyclic) bond motifs is 1. The van der Waals surface area contributed by atoms with Gasteiger partial charge in [-0.15, -0.1) is 0 Å². The number of rotatable bonds is 8. The summed E-state index contributed by atoms with van der Waals surface area (Å²) in [4.78, 5) is 24.1. The van der Waals surface area contributed by atoms with Crippen molar-refractivity contribution in [3.05, 3.63) is 45.3 Å². The van der Waals surface area contributed by atoms with Crippen LogP contribution in [-0.4, -0.2) is 19.0 Å². The molecule has 6 heteroatoms. The van der Waals surface area contributed by atoms with Gasteiger partial charge in [-0.05, 0) is 18.9 Å². The zero-order chi connectivity index (χ0) is 16.8. The Morgan fingerprint density at radius 1 is 1.04 bits per heavy atom. The summed E-state index contributed by atoms with van der Waals surface area (Å²) in [5, 5.41) is 9.89. The first kappa shape index (κ1) is 17.5. The van der Waals surface area contributed by atoms with Crippen LogP contribution in [0.15, 0.2) is 33.9 Å². The highest BCUT2D eigenvalue weighted by Gasteiger charge is 2.24. The zero-order valence-corrected chi connectivity index (χ0v) is 14.0. The van der Waals surface area contributed by atoms with Crippen LogP contribution in [0.1, 0.15) is 64.1 Å². The normalized spacial score (nSPS) is 20.3. The molecule has 0 saturated heterocycles. The lowest BCUT2D eigenvalue weighted by Gasteiger charge is -2.21. The van der Waals surface area contributed by atoms with Crippen molar-refractivity contribution in [3.63, 3.8) is 0 Å². The first-order valence-electron chi connectivity index (χ1n) is 8.51. The number of unbranched alkanes of at least 4 members (excludes halogenated alkanes) is 6. The van der Waals surface area contributed by atoms with Gasteiger partial charge in [0.25, 0.3) is 0 Å². The van der Waals surface area contributed by atoms with E-state index in [-0.39, 0.29) is 6.04 Å². The van der Waals surface area contributed by atoms with Gasteiger partial charge in [-0.25, -0.2) is 18.8 Å². The van der Waals surface area contributed by atoms with Gasteiger partial charge in [-0.1, -0.05) is 57.3 Å². The van der Waals surface area contributed by atoms with Crippen molar-refractivity contribution in [1.82, 2.24) is 13.9 Å². The Hall–Kier alpha value is -1.82. The molecule has 0 amide bonds. The minimum atomic E-state index is -1.08. The second-order valence-corrected chi connectivity index (χ2v) is 6.09. The van der Waals surface area contributed by atoms with Crippen LogP contribution in [0.2, 0.25) is 0 Å². The minimum Gasteiger partial charge on any atom is -0.368 e. The molecule has 0 spiro atoms. The minimum absolute atomic E-state index is 0.320. The van der Waals surface area contributed by atoms with E-state index in [1.54, 1.807) is 12.2 Å². The fourth-order valence-corrected chi connectivity index (χ4v) is 2.89. The fraction of sp³-hybridized carbons (Fsp3) is 0.647. The van der Waals surface area contributed by atoms with Gasteiger partial charge in [-0.3, -0.25) is 0 Å². The predicted molar refractivity (Wildman–Crippen MR) is 90.5 cm³/mol. The lowest BCUT2D eigenvalue weighted by Crippen LogP contribution is -2.34. The maximum absolute atomic E-state index is 12.2. The van der Waals surface area contributed by atoms with Gasteiger partial charge in [0.15, 0.2) is 6.23 Å². The Morgan fingerprint density at radius 2 is 1.70 bits per heavy atom. The first-order valence-corrected chi connectivity index (χ1v) is 8.51. The molecule has 6 nitrogen and oxygen atoms in total. The van der Waals surface area contributed by atoms with E-state index in [0.717, 1.165) is 22.1 Å². The smallest absolute Gasteiger partial charge is 0.349 e. The standard InChI is InChI=1S/C17H27N3O3/c1-3-4-5-6-7-8-9-10-11-14-12-13-15(21)20-17(23)18(2)16(22)19(14)20/h10-15,21H,3-9H2,1-2H3/b11-10+. The number of aromatic nitrogens is 3. The summed E-state index contributed by atoms with van der Waals surface area (Å²) in [5.74, 6) is 0. The summed E-state index contributed by atoms with van der Waals surface area (Å²) >= 11 is 0. The number of aliphatic hydroxyl groups excluding tert-OH is 1. The fourth-order valence-electron chi connectivity index (χ4n) is 2.89. The highest BCUT2D eigenvalue weighted by Crippen LogP contribution is 2.18. The summed E-state index contributed by atoms with van der Waals surface area (Å²) in [6.07, 6.45) is 14.6. The summed E-state index contributed by atoms with van der Waals surface area (Å²) in [6.45, 7) is 2.21. The third-order valence-electron chi connectivity index (χ3n) is 4.27. The molecule has 0 radical (unpaired) electrons. The molecule has 0 bridgehead atoms. The van der Waals surface area contributed by atoms with Crippen LogP contribution in [0.4, 0.5) is 0 Å². The van der Waals surface area contributed by atoms with E-state index in [4.69, 9.17) is 0 Å². The quantitative estimate of drug-likeness (QED) is 0.590. The van der Waals surface area contributed by atoms with Gasteiger partial charge in [0.05, 0.1) is 6.04 Å². The maximum Gasteiger partial charge on any atom is 0.349 e. The molecule has 0 aliphatic carbocycles. The molecule has 2 rings (SSSR count). The van der Waals surface area contributed by atoms with Crippen molar-refractivity contribution in [3.8, 4) is 0 Å². The number of aliphatic hydroxyl groups is 1. The summed E-state index contributed by atoms with van der Waals surface area (Å²) < 4.78 is 3.43. The summed E-state index contributed by atoms with van der Waals surface area (Å²) in [5.41, 5.74) is -0.909. The van der Waals surface area contributed by atoms with Crippen LogP contribution in [0.25, 0.3) is 0 Å². The summed E-state index contributed by atoms with van der Waals surface area (Å²) in [7, 11) is 1.42. The lowest BCUT2D eigenvalue weighted by atomic mass is 10.1. The van der Waals surface area contributed by atoms with E-state index in [1.807, 2.05) is 6.08 Å². The zero-order valence-electron chi connectivity index (χ0n) is 14.0. The molecule has 1 aliphatic rings. The highest BCUT2D eigenvalue weighted by molar-refractivity contribution is 5.09. The van der Waals surface area contributed by atoms with Gasteiger partial charge < -0.3 is 5.11 Å². The molecule has 1 N–H and O–H groups in total. The van der Waals surface area contributed by atoms with Crippen molar-refractivity contribution < 1.29 is 5.11 Å². The highest BCUT2D eigenvalue weighted by atomic mass is 16.3. The molecule has 128 valence electrons. The van der Waals surface area contributed by atoms with Crippen LogP contribution < -0.4 is 11.4 Å². The van der Waals surface area contributed by atoms with Gasteiger partial charge in [-0.2, -0.15) is 4.68 Å². The molecule has 2 atom stereocenters. The molecular formula is C17H27N3O3. The number of hydrogen-bond donors (Lipinski definition) is 1. The second kappa shape index (κ2) is 8.15. The lowest BCUT2D eigenvalue weighted by molar-refractivity contribution is 0.108. The van der Waals surface area contributed by atoms with E-state index >= 15 is 0 Å². The average molecular weight is 321 g/mol. The number of allylic oxidation sites excluding steroid dienone is 3. The number of nitrogens with zero attached hydrogens (tertiary/aromatic N) is 3. The molecule has 1 aromatic rings. The third kappa shape index (κ3) is 3.93. The predicted octanol–water partition coefficient (Wildman–Crippen LogP) is 2.26. The molecule has 2 heterocycles. The van der Waals surface area contributed by atoms with Gasteiger partial charge in [0.1, 0.15) is 0 Å². The third-order valence-corrected chi connectivity index (χ3v) is 4.27. The van der Waals surface area contributed by atoms with E-state index in [2.05, 4.69) is 13.0 Å². The molecular weight excluding hydrogens is 294 g/mol. The monoisotopic (exact) mass is 321 g/mol. The van der Waals surface area contributed by atoms with Crippen LogP contribution in [0.3, 0.4) is 0 Å². The topological polar surface area (TPSA) is 69.2 Å². The van der Waals surface area contributed by atoms with Crippen LogP contribution >= 0.6 is 0 Å². The molecule has 23 heavy (non-hydrogen) atoms.